The van der Waals surface area contributed by atoms with Gasteiger partial charge >= 0.3 is 5.97 Å². The highest BCUT2D eigenvalue weighted by molar-refractivity contribution is 7.93. The number of sulfone groups is 1. The first-order valence-electron chi connectivity index (χ1n) is 4.10. The number of hydrogen-bond acceptors (Lipinski definition) is 3. The molecule has 0 unspecified atom stereocenters. The van der Waals surface area contributed by atoms with Crippen molar-refractivity contribution >= 4 is 21.9 Å². The van der Waals surface area contributed by atoms with Gasteiger partial charge in [0.15, 0.2) is 9.84 Å². The van der Waals surface area contributed by atoms with Crippen molar-refractivity contribution in [3.05, 3.63) is 40.8 Å². The molecule has 0 saturated carbocycles. The van der Waals surface area contributed by atoms with Gasteiger partial charge in [-0.1, -0.05) is 12.1 Å². The average molecular weight is 226 g/mol. The van der Waals surface area contributed by atoms with Gasteiger partial charge in [-0.3, -0.25) is 0 Å². The van der Waals surface area contributed by atoms with Gasteiger partial charge in [-0.25, -0.2) is 13.2 Å². The van der Waals surface area contributed by atoms with Crippen LogP contribution in [0.4, 0.5) is 0 Å². The quantitative estimate of drug-likeness (QED) is 0.845. The molecule has 1 aromatic rings. The minimum absolute atomic E-state index is 0.173. The summed E-state index contributed by atoms with van der Waals surface area (Å²) in [5, 5.41) is 9.69. The fraction of sp³-hybridized carbons (Fsp3) is 0.100. The van der Waals surface area contributed by atoms with Crippen LogP contribution >= 0.6 is 0 Å². The van der Waals surface area contributed by atoms with Gasteiger partial charge < -0.3 is 5.11 Å². The van der Waals surface area contributed by atoms with Crippen molar-refractivity contribution < 1.29 is 18.3 Å². The van der Waals surface area contributed by atoms with Crippen LogP contribution in [0.3, 0.4) is 0 Å². The average Bonchev–Trinajstić information content (AvgIpc) is 2.14. The Hall–Kier alpha value is -1.62. The number of aromatic carboxylic acids is 1. The van der Waals surface area contributed by atoms with Crippen LogP contribution in [0.2, 0.25) is 0 Å². The topological polar surface area (TPSA) is 71.4 Å². The number of hydrogen-bond donors (Lipinski definition) is 1. The van der Waals surface area contributed by atoms with E-state index in [2.05, 4.69) is 0 Å². The predicted octanol–water partition coefficient (Wildman–Crippen LogP) is 1.40. The van der Waals surface area contributed by atoms with E-state index < -0.39 is 15.8 Å². The predicted molar refractivity (Wildman–Crippen MR) is 57.3 cm³/mol. The molecule has 5 heteroatoms. The normalized spacial score (nSPS) is 11.8. The van der Waals surface area contributed by atoms with E-state index in [-0.39, 0.29) is 5.56 Å². The fourth-order valence-electron chi connectivity index (χ4n) is 0.939. The van der Waals surface area contributed by atoms with Crippen molar-refractivity contribution in [1.82, 2.24) is 0 Å². The molecule has 0 fully saturated rings. The summed E-state index contributed by atoms with van der Waals surface area (Å²) in [6.45, 7) is 0. The van der Waals surface area contributed by atoms with Gasteiger partial charge in [0, 0.05) is 11.7 Å². The maximum absolute atomic E-state index is 10.8. The highest BCUT2D eigenvalue weighted by Gasteiger charge is 2.00. The number of benzene rings is 1. The summed E-state index contributed by atoms with van der Waals surface area (Å²) in [5.74, 6) is -1.01. The van der Waals surface area contributed by atoms with Crippen molar-refractivity contribution in [2.75, 3.05) is 6.26 Å². The van der Waals surface area contributed by atoms with E-state index >= 15 is 0 Å². The number of carboxylic acids is 1. The van der Waals surface area contributed by atoms with E-state index in [0.29, 0.717) is 5.56 Å². The Labute approximate surface area is 87.8 Å². The standard InChI is InChI=1S/C10H10O4S/c1-15(13,14)7-6-8-2-4-9(5-3-8)10(11)12/h2-7H,1H3,(H,11,12). The van der Waals surface area contributed by atoms with Crippen LogP contribution in [0, 0.1) is 0 Å². The first kappa shape index (κ1) is 11.5. The van der Waals surface area contributed by atoms with Crippen LogP contribution in [0.5, 0.6) is 0 Å². The molecule has 0 saturated heterocycles. The Morgan fingerprint density at radius 3 is 2.20 bits per heavy atom. The monoisotopic (exact) mass is 226 g/mol. The summed E-state index contributed by atoms with van der Waals surface area (Å²) in [6.07, 6.45) is 2.51. The van der Waals surface area contributed by atoms with Gasteiger partial charge in [-0.15, -0.1) is 0 Å². The van der Waals surface area contributed by atoms with E-state index in [0.717, 1.165) is 11.7 Å². The van der Waals surface area contributed by atoms with E-state index in [1.807, 2.05) is 0 Å². The van der Waals surface area contributed by atoms with E-state index in [4.69, 9.17) is 5.11 Å². The minimum atomic E-state index is -3.15. The molecule has 0 aromatic heterocycles. The van der Waals surface area contributed by atoms with Gasteiger partial charge in [0.1, 0.15) is 0 Å². The highest BCUT2D eigenvalue weighted by atomic mass is 32.2. The molecule has 0 radical (unpaired) electrons. The van der Waals surface area contributed by atoms with Crippen molar-refractivity contribution in [3.8, 4) is 0 Å². The number of carbonyl (C=O) groups is 1. The first-order chi connectivity index (χ1) is 6.88. The molecule has 0 spiro atoms. The van der Waals surface area contributed by atoms with Gasteiger partial charge in [0.2, 0.25) is 0 Å². The van der Waals surface area contributed by atoms with Crippen LogP contribution in [0.25, 0.3) is 6.08 Å². The second kappa shape index (κ2) is 4.27. The minimum Gasteiger partial charge on any atom is -0.478 e. The van der Waals surface area contributed by atoms with Crippen molar-refractivity contribution in [2.24, 2.45) is 0 Å². The Kier molecular flexibility index (Phi) is 3.26. The third kappa shape index (κ3) is 3.95. The van der Waals surface area contributed by atoms with Crippen molar-refractivity contribution in [1.29, 1.82) is 0 Å². The molecule has 0 atom stereocenters. The zero-order valence-electron chi connectivity index (χ0n) is 8.04. The third-order valence-corrected chi connectivity index (χ3v) is 2.30. The Morgan fingerprint density at radius 1 is 1.27 bits per heavy atom. The second-order valence-electron chi connectivity index (χ2n) is 3.06. The van der Waals surface area contributed by atoms with Gasteiger partial charge in [-0.2, -0.15) is 0 Å². The third-order valence-electron chi connectivity index (χ3n) is 1.67. The smallest absolute Gasteiger partial charge is 0.335 e. The second-order valence-corrected chi connectivity index (χ2v) is 4.99. The SMILES string of the molecule is CS(=O)(=O)C=Cc1ccc(C(=O)O)cc1. The van der Waals surface area contributed by atoms with Crippen molar-refractivity contribution in [3.63, 3.8) is 0 Å². The number of rotatable bonds is 3. The lowest BCUT2D eigenvalue weighted by Crippen LogP contribution is -1.95. The lowest BCUT2D eigenvalue weighted by Gasteiger charge is -1.95. The lowest BCUT2D eigenvalue weighted by molar-refractivity contribution is 0.0697. The van der Waals surface area contributed by atoms with Crippen LogP contribution in [0.1, 0.15) is 15.9 Å². The lowest BCUT2D eigenvalue weighted by atomic mass is 10.1. The molecule has 0 aliphatic rings. The summed E-state index contributed by atoms with van der Waals surface area (Å²) < 4.78 is 21.6. The molecule has 1 N–H and O–H groups in total. The first-order valence-corrected chi connectivity index (χ1v) is 6.05. The molecular weight excluding hydrogens is 216 g/mol. The van der Waals surface area contributed by atoms with E-state index in [1.165, 1.54) is 18.2 Å². The molecule has 1 aromatic carbocycles. The van der Waals surface area contributed by atoms with E-state index in [1.54, 1.807) is 12.1 Å². The Morgan fingerprint density at radius 2 is 1.80 bits per heavy atom. The fourth-order valence-corrected chi connectivity index (χ4v) is 1.34. The molecule has 80 valence electrons. The van der Waals surface area contributed by atoms with Gasteiger partial charge in [0.05, 0.1) is 5.56 Å². The molecule has 1 rings (SSSR count). The van der Waals surface area contributed by atoms with Gasteiger partial charge in [0.25, 0.3) is 0 Å². The Balaban J connectivity index is 2.91. The van der Waals surface area contributed by atoms with Gasteiger partial charge in [-0.05, 0) is 23.8 Å². The summed E-state index contributed by atoms with van der Waals surface area (Å²) in [4.78, 5) is 10.5. The highest BCUT2D eigenvalue weighted by Crippen LogP contribution is 2.06. The maximum atomic E-state index is 10.8. The molecule has 0 heterocycles. The molecule has 15 heavy (non-hydrogen) atoms. The maximum Gasteiger partial charge on any atom is 0.335 e. The molecule has 0 bridgehead atoms. The molecular formula is C10H10O4S. The molecule has 0 aliphatic carbocycles. The molecule has 0 aliphatic heterocycles. The van der Waals surface area contributed by atoms with Crippen LogP contribution in [-0.2, 0) is 9.84 Å². The Bertz CT molecular complexity index is 483. The van der Waals surface area contributed by atoms with Crippen LogP contribution < -0.4 is 0 Å². The zero-order chi connectivity index (χ0) is 11.5. The summed E-state index contributed by atoms with van der Waals surface area (Å²) in [5.41, 5.74) is 0.817. The van der Waals surface area contributed by atoms with Crippen molar-refractivity contribution in [2.45, 2.75) is 0 Å². The summed E-state index contributed by atoms with van der Waals surface area (Å²) in [7, 11) is -3.15. The zero-order valence-corrected chi connectivity index (χ0v) is 8.86. The van der Waals surface area contributed by atoms with Crippen LogP contribution in [-0.4, -0.2) is 25.7 Å². The molecule has 0 amide bonds. The van der Waals surface area contributed by atoms with Crippen LogP contribution in [0.15, 0.2) is 29.7 Å². The summed E-state index contributed by atoms with van der Waals surface area (Å²) in [6, 6.07) is 5.94. The largest absolute Gasteiger partial charge is 0.478 e. The summed E-state index contributed by atoms with van der Waals surface area (Å²) >= 11 is 0. The number of carboxylic acid groups (broad SMARTS) is 1. The van der Waals surface area contributed by atoms with E-state index in [9.17, 15) is 13.2 Å². The molecule has 4 nitrogen and oxygen atoms in total.